The highest BCUT2D eigenvalue weighted by molar-refractivity contribution is 7.90. The smallest absolute Gasteiger partial charge is 0.385 e. The van der Waals surface area contributed by atoms with Gasteiger partial charge in [-0.05, 0) is 44.9 Å². The molecule has 0 spiro atoms. The third kappa shape index (κ3) is 7.22. The quantitative estimate of drug-likeness (QED) is 0.668. The van der Waals surface area contributed by atoms with Gasteiger partial charge in [-0.2, -0.15) is 13.2 Å². The van der Waals surface area contributed by atoms with Crippen LogP contribution in [0.25, 0.3) is 0 Å². The highest BCUT2D eigenvalue weighted by atomic mass is 32.2. The minimum absolute atomic E-state index is 0.379. The van der Waals surface area contributed by atoms with E-state index in [-0.39, 0.29) is 0 Å². The van der Waals surface area contributed by atoms with Gasteiger partial charge in [0, 0.05) is 18.8 Å². The van der Waals surface area contributed by atoms with E-state index in [9.17, 15) is 21.6 Å². The summed E-state index contributed by atoms with van der Waals surface area (Å²) >= 11 is 0. The monoisotopic (exact) mass is 352 g/mol. The molecule has 0 unspecified atom stereocenters. The zero-order valence-corrected chi connectivity index (χ0v) is 14.1. The molecule has 0 bridgehead atoms. The lowest BCUT2D eigenvalue weighted by Crippen LogP contribution is -2.31. The van der Waals surface area contributed by atoms with Gasteiger partial charge in [0.15, 0.2) is 0 Å². The van der Waals surface area contributed by atoms with Gasteiger partial charge in [0.05, 0.1) is 10.8 Å². The second-order valence-corrected chi connectivity index (χ2v) is 7.88. The Kier molecular flexibility index (Phi) is 7.34. The summed E-state index contributed by atoms with van der Waals surface area (Å²) in [4.78, 5) is 0. The van der Waals surface area contributed by atoms with Crippen LogP contribution >= 0.6 is 0 Å². The molecule has 0 amide bonds. The van der Waals surface area contributed by atoms with Gasteiger partial charge in [0.1, 0.15) is 0 Å². The first-order chi connectivity index (χ1) is 10.6. The minimum Gasteiger partial charge on any atom is -0.385 e. The molecule has 0 saturated heterocycles. The van der Waals surface area contributed by atoms with Crippen molar-refractivity contribution in [3.05, 3.63) is 29.8 Å². The number of hydrogen-bond acceptors (Lipinski definition) is 3. The van der Waals surface area contributed by atoms with E-state index in [2.05, 4.69) is 10.0 Å². The Morgan fingerprint density at radius 1 is 1.09 bits per heavy atom. The molecule has 1 rings (SSSR count). The maximum atomic E-state index is 12.6. The van der Waals surface area contributed by atoms with Crippen molar-refractivity contribution in [1.29, 1.82) is 0 Å². The van der Waals surface area contributed by atoms with Crippen molar-refractivity contribution in [1.82, 2.24) is 4.72 Å². The number of hydrogen-bond donors (Lipinski definition) is 2. The molecule has 8 heteroatoms. The van der Waals surface area contributed by atoms with Crippen LogP contribution in [-0.2, 0) is 16.2 Å². The summed E-state index contributed by atoms with van der Waals surface area (Å²) in [5.41, 5.74) is -0.245. The van der Waals surface area contributed by atoms with Crippen molar-refractivity contribution in [2.24, 2.45) is 0 Å². The van der Waals surface area contributed by atoms with Crippen LogP contribution in [0.15, 0.2) is 24.3 Å². The van der Waals surface area contributed by atoms with Crippen LogP contribution in [0.2, 0.25) is 0 Å². The van der Waals surface area contributed by atoms with E-state index in [4.69, 9.17) is 0 Å². The molecule has 23 heavy (non-hydrogen) atoms. The number of rotatable bonds is 9. The van der Waals surface area contributed by atoms with Crippen molar-refractivity contribution in [3.8, 4) is 0 Å². The molecule has 0 saturated carbocycles. The summed E-state index contributed by atoms with van der Waals surface area (Å²) in [6.45, 7) is 4.14. The van der Waals surface area contributed by atoms with Gasteiger partial charge in [-0.25, -0.2) is 13.1 Å². The molecule has 1 aromatic carbocycles. The first-order valence-corrected chi connectivity index (χ1v) is 9.07. The lowest BCUT2D eigenvalue weighted by atomic mass is 10.2. The Bertz CT molecular complexity index is 587. The first kappa shape index (κ1) is 19.8. The molecule has 0 aromatic heterocycles. The third-order valence-electron chi connectivity index (χ3n) is 3.30. The SMILES string of the molecule is CC(C)S(=O)(=O)NCCCCCNc1cccc(C(F)(F)F)c1. The van der Waals surface area contributed by atoms with Crippen LogP contribution in [0, 0.1) is 0 Å². The van der Waals surface area contributed by atoms with Crippen molar-refractivity contribution < 1.29 is 21.6 Å². The lowest BCUT2D eigenvalue weighted by molar-refractivity contribution is -0.137. The van der Waals surface area contributed by atoms with Crippen LogP contribution < -0.4 is 10.0 Å². The number of sulfonamides is 1. The molecule has 0 atom stereocenters. The summed E-state index contributed by atoms with van der Waals surface area (Å²) in [5.74, 6) is 0. The molecule has 0 aliphatic carbocycles. The fourth-order valence-corrected chi connectivity index (χ4v) is 2.61. The highest BCUT2D eigenvalue weighted by Gasteiger charge is 2.30. The van der Waals surface area contributed by atoms with E-state index in [1.165, 1.54) is 6.07 Å². The molecule has 0 heterocycles. The van der Waals surface area contributed by atoms with Gasteiger partial charge < -0.3 is 5.32 Å². The van der Waals surface area contributed by atoms with Crippen LogP contribution in [0.5, 0.6) is 0 Å². The molecule has 0 aliphatic heterocycles. The standard InChI is InChI=1S/C15H23F3N2O2S/c1-12(2)23(21,22)20-10-5-3-4-9-19-14-8-6-7-13(11-14)15(16,17)18/h6-8,11-12,19-20H,3-5,9-10H2,1-2H3. The zero-order valence-electron chi connectivity index (χ0n) is 13.3. The van der Waals surface area contributed by atoms with E-state index in [1.54, 1.807) is 19.9 Å². The van der Waals surface area contributed by atoms with Crippen molar-refractivity contribution in [3.63, 3.8) is 0 Å². The third-order valence-corrected chi connectivity index (χ3v) is 5.14. The Hall–Kier alpha value is -1.28. The summed E-state index contributed by atoms with van der Waals surface area (Å²) in [7, 11) is -3.22. The summed E-state index contributed by atoms with van der Waals surface area (Å²) in [6.07, 6.45) is -2.12. The zero-order chi connectivity index (χ0) is 17.5. The maximum Gasteiger partial charge on any atom is 0.416 e. The predicted molar refractivity (Wildman–Crippen MR) is 85.8 cm³/mol. The second kappa shape index (κ2) is 8.54. The minimum atomic E-state index is -4.34. The summed E-state index contributed by atoms with van der Waals surface area (Å²) < 4.78 is 63.2. The van der Waals surface area contributed by atoms with E-state index in [1.807, 2.05) is 0 Å². The van der Waals surface area contributed by atoms with E-state index in [0.29, 0.717) is 25.2 Å². The Morgan fingerprint density at radius 3 is 2.35 bits per heavy atom. The number of unbranched alkanes of at least 4 members (excludes halogenated alkanes) is 2. The van der Waals surface area contributed by atoms with E-state index < -0.39 is 27.0 Å². The second-order valence-electron chi connectivity index (χ2n) is 5.55. The summed E-state index contributed by atoms with van der Waals surface area (Å²) in [5, 5.41) is 2.49. The van der Waals surface area contributed by atoms with Gasteiger partial charge in [-0.1, -0.05) is 12.5 Å². The van der Waals surface area contributed by atoms with E-state index >= 15 is 0 Å². The molecule has 132 valence electrons. The first-order valence-electron chi connectivity index (χ1n) is 7.52. The van der Waals surface area contributed by atoms with Gasteiger partial charge >= 0.3 is 6.18 Å². The lowest BCUT2D eigenvalue weighted by Gasteiger charge is -2.11. The molecule has 0 aliphatic rings. The molecular weight excluding hydrogens is 329 g/mol. The predicted octanol–water partition coefficient (Wildman–Crippen LogP) is 3.62. The van der Waals surface area contributed by atoms with Crippen LogP contribution in [0.4, 0.5) is 18.9 Å². The number of benzene rings is 1. The summed E-state index contributed by atoms with van der Waals surface area (Å²) in [6, 6.07) is 5.07. The number of nitrogens with one attached hydrogen (secondary N) is 2. The molecule has 1 aromatic rings. The van der Waals surface area contributed by atoms with E-state index in [0.717, 1.165) is 25.0 Å². The molecular formula is C15H23F3N2O2S. The normalized spacial score (nSPS) is 12.6. The van der Waals surface area contributed by atoms with Gasteiger partial charge in [0.2, 0.25) is 10.0 Å². The van der Waals surface area contributed by atoms with Crippen LogP contribution in [-0.4, -0.2) is 26.8 Å². The van der Waals surface area contributed by atoms with Crippen molar-refractivity contribution >= 4 is 15.7 Å². The van der Waals surface area contributed by atoms with Crippen molar-refractivity contribution in [2.45, 2.75) is 44.5 Å². The Morgan fingerprint density at radius 2 is 1.74 bits per heavy atom. The fourth-order valence-electron chi connectivity index (χ4n) is 1.85. The van der Waals surface area contributed by atoms with Crippen LogP contribution in [0.1, 0.15) is 38.7 Å². The largest absolute Gasteiger partial charge is 0.416 e. The Balaban J connectivity index is 2.24. The number of anilines is 1. The average molecular weight is 352 g/mol. The van der Waals surface area contributed by atoms with Gasteiger partial charge in [0.25, 0.3) is 0 Å². The molecule has 2 N–H and O–H groups in total. The van der Waals surface area contributed by atoms with Crippen LogP contribution in [0.3, 0.4) is 0 Å². The molecule has 0 fully saturated rings. The van der Waals surface area contributed by atoms with Crippen molar-refractivity contribution in [2.75, 3.05) is 18.4 Å². The number of alkyl halides is 3. The molecule has 4 nitrogen and oxygen atoms in total. The topological polar surface area (TPSA) is 58.2 Å². The number of halogens is 3. The average Bonchev–Trinajstić information content (AvgIpc) is 2.45. The molecule has 0 radical (unpaired) electrons. The fraction of sp³-hybridized carbons (Fsp3) is 0.600. The Labute approximate surface area is 135 Å². The highest BCUT2D eigenvalue weighted by Crippen LogP contribution is 2.30. The van der Waals surface area contributed by atoms with Gasteiger partial charge in [-0.3, -0.25) is 0 Å². The maximum absolute atomic E-state index is 12.6. The van der Waals surface area contributed by atoms with Gasteiger partial charge in [-0.15, -0.1) is 0 Å².